The van der Waals surface area contributed by atoms with Gasteiger partial charge in [-0.25, -0.2) is 4.98 Å². The second-order valence-electron chi connectivity index (χ2n) is 24.6. The second-order valence-corrected chi connectivity index (χ2v) is 24.6. The molecule has 15 aromatic rings. The summed E-state index contributed by atoms with van der Waals surface area (Å²) in [5, 5.41) is 4.25. The van der Waals surface area contributed by atoms with Crippen LogP contribution in [0.25, 0.3) is 139 Å². The maximum Gasteiger partial charge on any atom is 0.269 e. The monoisotopic (exact) mass is 1110 g/mol. The molecule has 0 amide bonds. The van der Waals surface area contributed by atoms with Gasteiger partial charge in [0.2, 0.25) is 0 Å². The van der Waals surface area contributed by atoms with Gasteiger partial charge >= 0.3 is 0 Å². The molecule has 0 bridgehead atoms. The molecule has 5 heterocycles. The fraction of sp³-hybridized carbons (Fsp3) is 0.100. The average molecular weight is 1110 g/mol. The van der Waals surface area contributed by atoms with Crippen molar-refractivity contribution in [3.8, 4) is 95.5 Å². The number of fused-ring (bicyclic) bond motifs is 13. The van der Waals surface area contributed by atoms with Gasteiger partial charge in [-0.05, 0) is 162 Å². The molecule has 0 fully saturated rings. The summed E-state index contributed by atoms with van der Waals surface area (Å²) in [7, 11) is 0. The van der Waals surface area contributed by atoms with Crippen LogP contribution < -0.4 is 9.30 Å². The van der Waals surface area contributed by atoms with Gasteiger partial charge in [-0.3, -0.25) is 13.7 Å². The minimum atomic E-state index is -0.448. The smallest absolute Gasteiger partial charge is 0.269 e. The van der Waals surface area contributed by atoms with Crippen molar-refractivity contribution in [3.63, 3.8) is 0 Å². The molecule has 0 unspecified atom stereocenters. The van der Waals surface area contributed by atoms with Crippen molar-refractivity contribution >= 4 is 54.8 Å². The van der Waals surface area contributed by atoms with Crippen LogP contribution in [0, 0.1) is 6.33 Å². The Morgan fingerprint density at radius 2 is 1.12 bits per heavy atom. The van der Waals surface area contributed by atoms with E-state index in [0.29, 0.717) is 22.6 Å². The summed E-state index contributed by atoms with van der Waals surface area (Å²) >= 11 is 0. The van der Waals surface area contributed by atoms with Crippen LogP contribution in [0.4, 0.5) is 0 Å². The zero-order chi connectivity index (χ0) is 62.4. The molecule has 0 spiro atoms. The van der Waals surface area contributed by atoms with E-state index in [1.165, 1.54) is 11.1 Å². The normalized spacial score (nSPS) is 13.1. The van der Waals surface area contributed by atoms with Crippen molar-refractivity contribution in [2.24, 2.45) is 0 Å². The van der Waals surface area contributed by atoms with Gasteiger partial charge in [-0.1, -0.05) is 211 Å². The number of nitrogens with zero attached hydrogens (tertiary/aromatic N) is 4. The third kappa shape index (κ3) is 8.38. The Hall–Kier alpha value is -10.6. The van der Waals surface area contributed by atoms with Crippen molar-refractivity contribution in [3.05, 3.63) is 272 Å². The molecule has 0 atom stereocenters. The van der Waals surface area contributed by atoms with Crippen molar-refractivity contribution in [1.82, 2.24) is 14.1 Å². The van der Waals surface area contributed by atoms with Crippen LogP contribution in [-0.2, 0) is 10.8 Å². The van der Waals surface area contributed by atoms with E-state index < -0.39 is 18.1 Å². The van der Waals surface area contributed by atoms with E-state index in [1.807, 2.05) is 60.8 Å². The van der Waals surface area contributed by atoms with E-state index in [2.05, 4.69) is 225 Å². The summed E-state index contributed by atoms with van der Waals surface area (Å²) in [5.74, 6) is 2.11. The molecule has 0 N–H and O–H groups in total. The molecule has 412 valence electrons. The lowest BCUT2D eigenvalue weighted by molar-refractivity contribution is -0.570. The van der Waals surface area contributed by atoms with Crippen molar-refractivity contribution in [2.75, 3.05) is 0 Å². The van der Waals surface area contributed by atoms with Crippen LogP contribution in [0.3, 0.4) is 0 Å². The number of furan rings is 1. The molecule has 0 radical (unpaired) electrons. The SMILES string of the molecule is [2H]c1c([2H])c([2H])c(-c2cccc3c2-c2cccc(-c4ccc(C(C)(C)C)cc4)c2-[n+]2[c-]n(-c4cccc(Oc5ccc6c7ccccc7n(-c7cc(C(C)(C)C)ccn7)c6c5)c4)c4cc(-c5ccc6oc7ccccc7c6c5)cc(c42)-c2ccccc2-3)c([2H])c1[2H]. The molecule has 11 aromatic carbocycles. The first-order chi connectivity index (χ1) is 44.0. The van der Waals surface area contributed by atoms with Gasteiger partial charge < -0.3 is 9.15 Å². The summed E-state index contributed by atoms with van der Waals surface area (Å²) in [6.07, 6.45) is 5.91. The van der Waals surface area contributed by atoms with Crippen LogP contribution in [0.2, 0.25) is 0 Å². The minimum absolute atomic E-state index is 0.0824. The van der Waals surface area contributed by atoms with E-state index >= 15 is 0 Å². The Bertz CT molecular complexity index is 5520. The molecule has 0 saturated carbocycles. The van der Waals surface area contributed by atoms with Crippen LogP contribution >= 0.6 is 0 Å². The van der Waals surface area contributed by atoms with E-state index in [1.54, 1.807) is 0 Å². The van der Waals surface area contributed by atoms with Gasteiger partial charge in [-0.2, -0.15) is 0 Å². The maximum atomic E-state index is 9.50. The van der Waals surface area contributed by atoms with Crippen molar-refractivity contribution < 1.29 is 20.6 Å². The summed E-state index contributed by atoms with van der Waals surface area (Å²) in [4.78, 5) is 4.95. The Kier molecular flexibility index (Phi) is 10.4. The van der Waals surface area contributed by atoms with Gasteiger partial charge in [0.1, 0.15) is 28.5 Å². The molecule has 1 aliphatic rings. The van der Waals surface area contributed by atoms with E-state index in [9.17, 15) is 2.74 Å². The molecular weight excluding hydrogens is 1050 g/mol. The molecule has 0 aliphatic carbocycles. The van der Waals surface area contributed by atoms with Crippen LogP contribution in [0.5, 0.6) is 11.5 Å². The number of imidazole rings is 1. The quantitative estimate of drug-likeness (QED) is 0.118. The van der Waals surface area contributed by atoms with Crippen LogP contribution in [0.15, 0.2) is 259 Å². The van der Waals surface area contributed by atoms with Crippen LogP contribution in [0.1, 0.15) is 59.5 Å². The lowest BCUT2D eigenvalue weighted by atomic mass is 9.83. The highest BCUT2D eigenvalue weighted by Crippen LogP contribution is 2.50. The van der Waals surface area contributed by atoms with Gasteiger partial charge in [-0.15, -0.1) is 0 Å². The Morgan fingerprint density at radius 1 is 0.453 bits per heavy atom. The summed E-state index contributed by atoms with van der Waals surface area (Å²) in [6, 6.07) is 73.8. The second kappa shape index (κ2) is 19.5. The Balaban J connectivity index is 0.974. The number of ether oxygens (including phenoxy) is 1. The number of pyridine rings is 1. The molecule has 16 rings (SSSR count). The molecule has 0 saturated heterocycles. The van der Waals surface area contributed by atoms with Gasteiger partial charge in [0, 0.05) is 33.8 Å². The molecule has 6 heteroatoms. The Labute approximate surface area is 507 Å². The average Bonchev–Trinajstić information content (AvgIpc) is 1.61. The standard InChI is InChI=1S/C80H60N4O2/c1-79(2,3)54-36-33-51(34-37-54)60-28-18-30-67-76-59(50-19-8-7-9-20-50)27-17-29-66(76)61-23-10-11-24-62(61)69-44-53(52-35-40-74-68(43-52)65-26-13-15-32-73(65)86-74)45-72-78(69)83(77(60)67)49-82(72)56-21-16-22-57(47-56)85-58-38-39-64-63-25-12-14-31-70(63)84(71(64)48-58)75-46-55(41-42-81-75)80(4,5)6/h7-48H,1-6H3/i7D,8D,9D,19D,20D. The number of hydrogen-bond donors (Lipinski definition) is 0. The number of rotatable bonds is 7. The van der Waals surface area contributed by atoms with Crippen molar-refractivity contribution in [1.29, 1.82) is 0 Å². The number of hydrogen-bond acceptors (Lipinski definition) is 3. The summed E-state index contributed by atoms with van der Waals surface area (Å²) in [6.45, 7) is 13.3. The zero-order valence-corrected chi connectivity index (χ0v) is 48.5. The molecule has 6 nitrogen and oxygen atoms in total. The number of para-hydroxylation sites is 3. The first-order valence-electron chi connectivity index (χ1n) is 31.8. The maximum absolute atomic E-state index is 9.50. The van der Waals surface area contributed by atoms with Crippen molar-refractivity contribution in [2.45, 2.75) is 52.4 Å². The number of aromatic nitrogens is 4. The highest BCUT2D eigenvalue weighted by atomic mass is 16.5. The fourth-order valence-electron chi connectivity index (χ4n) is 12.9. The highest BCUT2D eigenvalue weighted by molar-refractivity contribution is 6.11. The fourth-order valence-corrected chi connectivity index (χ4v) is 12.9. The molecule has 86 heavy (non-hydrogen) atoms. The number of benzene rings is 11. The molecular formula is C80H60N4O2. The molecule has 4 aromatic heterocycles. The predicted octanol–water partition coefficient (Wildman–Crippen LogP) is 20.8. The summed E-state index contributed by atoms with van der Waals surface area (Å²) in [5.41, 5.74) is 18.7. The van der Waals surface area contributed by atoms with Gasteiger partial charge in [0.25, 0.3) is 6.33 Å². The third-order valence-corrected chi connectivity index (χ3v) is 17.2. The zero-order valence-electron chi connectivity index (χ0n) is 53.5. The minimum Gasteiger partial charge on any atom is -0.458 e. The highest BCUT2D eigenvalue weighted by Gasteiger charge is 2.30. The van der Waals surface area contributed by atoms with E-state index in [0.717, 1.165) is 122 Å². The van der Waals surface area contributed by atoms with E-state index in [4.69, 9.17) is 18.3 Å². The lowest BCUT2D eigenvalue weighted by Gasteiger charge is -2.22. The molecule has 1 aliphatic heterocycles. The van der Waals surface area contributed by atoms with Crippen LogP contribution in [-0.4, -0.2) is 14.1 Å². The third-order valence-electron chi connectivity index (χ3n) is 17.2. The van der Waals surface area contributed by atoms with Gasteiger partial charge in [0.15, 0.2) is 0 Å². The largest absolute Gasteiger partial charge is 0.458 e. The predicted molar refractivity (Wildman–Crippen MR) is 353 cm³/mol. The Morgan fingerprint density at radius 3 is 1.93 bits per heavy atom. The lowest BCUT2D eigenvalue weighted by Crippen LogP contribution is -2.32. The van der Waals surface area contributed by atoms with Gasteiger partial charge in [0.05, 0.1) is 40.3 Å². The first kappa shape index (κ1) is 45.9. The van der Waals surface area contributed by atoms with E-state index in [-0.39, 0.29) is 28.5 Å². The first-order valence-corrected chi connectivity index (χ1v) is 29.3. The summed E-state index contributed by atoms with van der Waals surface area (Å²) < 4.78 is 65.6. The topological polar surface area (TPSA) is 49.0 Å².